The Kier molecular flexibility index (Phi) is 3.02. The van der Waals surface area contributed by atoms with Gasteiger partial charge in [0.25, 0.3) is 5.22 Å². The second kappa shape index (κ2) is 4.81. The van der Waals surface area contributed by atoms with Gasteiger partial charge < -0.3 is 8.83 Å². The molecule has 0 N–H and O–H groups in total. The summed E-state index contributed by atoms with van der Waals surface area (Å²) < 4.78 is 11.0. The monoisotopic (exact) mass is 261 g/mol. The van der Waals surface area contributed by atoms with E-state index in [4.69, 9.17) is 8.83 Å². The minimum absolute atomic E-state index is 0.569. The summed E-state index contributed by atoms with van der Waals surface area (Å²) >= 11 is 1.45. The first-order valence-electron chi connectivity index (χ1n) is 5.65. The van der Waals surface area contributed by atoms with E-state index in [0.29, 0.717) is 22.8 Å². The van der Waals surface area contributed by atoms with Gasteiger partial charge in [-0.05, 0) is 12.1 Å². The average Bonchev–Trinajstić information content (AvgIpc) is 3.02. The minimum atomic E-state index is 0.569. The van der Waals surface area contributed by atoms with Crippen LogP contribution in [0.1, 0.15) is 18.7 Å². The smallest absolute Gasteiger partial charge is 0.257 e. The third-order valence-electron chi connectivity index (χ3n) is 2.40. The van der Waals surface area contributed by atoms with Crippen LogP contribution >= 0.6 is 11.8 Å². The predicted octanol–water partition coefficient (Wildman–Crippen LogP) is 3.07. The number of aryl methyl sites for hydroxylation is 1. The highest BCUT2D eigenvalue weighted by molar-refractivity contribution is 7.98. The average molecular weight is 261 g/mol. The Labute approximate surface area is 108 Å². The minimum Gasteiger partial charge on any atom is -0.431 e. The van der Waals surface area contributed by atoms with Crippen molar-refractivity contribution in [2.75, 3.05) is 0 Å². The third kappa shape index (κ3) is 2.24. The number of aromatic nitrogens is 3. The van der Waals surface area contributed by atoms with Gasteiger partial charge in [-0.2, -0.15) is 0 Å². The third-order valence-corrected chi connectivity index (χ3v) is 3.22. The summed E-state index contributed by atoms with van der Waals surface area (Å²) in [7, 11) is 0. The Bertz CT molecular complexity index is 629. The number of fused-ring (bicyclic) bond motifs is 1. The molecule has 2 aromatic heterocycles. The van der Waals surface area contributed by atoms with E-state index in [2.05, 4.69) is 15.2 Å². The Balaban J connectivity index is 1.72. The van der Waals surface area contributed by atoms with Gasteiger partial charge in [-0.25, -0.2) is 4.98 Å². The van der Waals surface area contributed by atoms with Crippen LogP contribution in [0.25, 0.3) is 11.1 Å². The molecule has 0 aliphatic heterocycles. The van der Waals surface area contributed by atoms with E-state index in [0.717, 1.165) is 17.5 Å². The Morgan fingerprint density at radius 3 is 2.72 bits per heavy atom. The topological polar surface area (TPSA) is 65.0 Å². The molecule has 3 rings (SSSR count). The summed E-state index contributed by atoms with van der Waals surface area (Å²) in [4.78, 5) is 4.36. The molecule has 92 valence electrons. The number of oxazole rings is 1. The molecule has 0 unspecified atom stereocenters. The summed E-state index contributed by atoms with van der Waals surface area (Å²) in [6.07, 6.45) is 0.751. The van der Waals surface area contributed by atoms with Crippen LogP contribution in [0.3, 0.4) is 0 Å². The van der Waals surface area contributed by atoms with Crippen LogP contribution in [0, 0.1) is 0 Å². The first kappa shape index (κ1) is 11.3. The van der Waals surface area contributed by atoms with Crippen LogP contribution in [0.4, 0.5) is 0 Å². The molecule has 0 bridgehead atoms. The first-order valence-corrected chi connectivity index (χ1v) is 6.63. The van der Waals surface area contributed by atoms with Crippen molar-refractivity contribution < 1.29 is 8.83 Å². The number of rotatable bonds is 4. The van der Waals surface area contributed by atoms with Gasteiger partial charge in [0.05, 0.1) is 5.75 Å². The van der Waals surface area contributed by atoms with Gasteiger partial charge in [0.1, 0.15) is 5.52 Å². The summed E-state index contributed by atoms with van der Waals surface area (Å²) in [5.41, 5.74) is 1.65. The molecule has 0 spiro atoms. The van der Waals surface area contributed by atoms with Crippen molar-refractivity contribution in [1.29, 1.82) is 0 Å². The van der Waals surface area contributed by atoms with E-state index in [-0.39, 0.29) is 0 Å². The number of hydrogen-bond donors (Lipinski definition) is 0. The van der Waals surface area contributed by atoms with E-state index in [1.54, 1.807) is 0 Å². The lowest BCUT2D eigenvalue weighted by Crippen LogP contribution is -1.80. The van der Waals surface area contributed by atoms with E-state index >= 15 is 0 Å². The van der Waals surface area contributed by atoms with Gasteiger partial charge in [-0.15, -0.1) is 10.2 Å². The number of benzene rings is 1. The molecule has 0 saturated carbocycles. The van der Waals surface area contributed by atoms with Gasteiger partial charge in [-0.1, -0.05) is 30.8 Å². The molecule has 0 amide bonds. The van der Waals surface area contributed by atoms with Gasteiger partial charge in [0.15, 0.2) is 5.58 Å². The molecule has 5 nitrogen and oxygen atoms in total. The van der Waals surface area contributed by atoms with E-state index in [9.17, 15) is 0 Å². The molecule has 3 aromatic rings. The fourth-order valence-electron chi connectivity index (χ4n) is 1.53. The highest BCUT2D eigenvalue weighted by Gasteiger charge is 2.09. The van der Waals surface area contributed by atoms with Crippen LogP contribution < -0.4 is 0 Å². The number of hydrogen-bond acceptors (Lipinski definition) is 6. The maximum Gasteiger partial charge on any atom is 0.257 e. The normalized spacial score (nSPS) is 11.2. The summed E-state index contributed by atoms with van der Waals surface area (Å²) in [6, 6.07) is 7.68. The van der Waals surface area contributed by atoms with Crippen molar-refractivity contribution >= 4 is 22.9 Å². The van der Waals surface area contributed by atoms with E-state index < -0.39 is 0 Å². The highest BCUT2D eigenvalue weighted by atomic mass is 32.2. The molecular weight excluding hydrogens is 250 g/mol. The summed E-state index contributed by atoms with van der Waals surface area (Å²) in [5.74, 6) is 1.82. The predicted molar refractivity (Wildman–Crippen MR) is 67.2 cm³/mol. The van der Waals surface area contributed by atoms with E-state index in [1.807, 2.05) is 31.2 Å². The summed E-state index contributed by atoms with van der Waals surface area (Å²) in [5, 5.41) is 8.48. The standard InChI is InChI=1S/C12H11N3O2S/c1-2-10-14-15-11(17-10)7-18-12-13-8-5-3-4-6-9(8)16-12/h3-6H,2,7H2,1H3. The van der Waals surface area contributed by atoms with Crippen molar-refractivity contribution in [3.05, 3.63) is 36.0 Å². The zero-order valence-electron chi connectivity index (χ0n) is 9.79. The quantitative estimate of drug-likeness (QED) is 0.672. The van der Waals surface area contributed by atoms with Crippen molar-refractivity contribution in [1.82, 2.24) is 15.2 Å². The lowest BCUT2D eigenvalue weighted by Gasteiger charge is -1.90. The van der Waals surface area contributed by atoms with Crippen LogP contribution in [-0.2, 0) is 12.2 Å². The van der Waals surface area contributed by atoms with Crippen molar-refractivity contribution in [3.8, 4) is 0 Å². The maximum absolute atomic E-state index is 5.58. The second-order valence-electron chi connectivity index (χ2n) is 3.68. The lowest BCUT2D eigenvalue weighted by atomic mass is 10.3. The maximum atomic E-state index is 5.58. The molecule has 18 heavy (non-hydrogen) atoms. The van der Waals surface area contributed by atoms with Crippen molar-refractivity contribution in [2.45, 2.75) is 24.3 Å². The molecule has 0 radical (unpaired) electrons. The molecule has 0 atom stereocenters. The van der Waals surface area contributed by atoms with Crippen LogP contribution in [0.5, 0.6) is 0 Å². The van der Waals surface area contributed by atoms with Gasteiger partial charge in [0.2, 0.25) is 11.8 Å². The van der Waals surface area contributed by atoms with Gasteiger partial charge >= 0.3 is 0 Å². The van der Waals surface area contributed by atoms with Crippen LogP contribution in [0.2, 0.25) is 0 Å². The van der Waals surface area contributed by atoms with Crippen LogP contribution in [0.15, 0.2) is 38.3 Å². The number of nitrogens with zero attached hydrogens (tertiary/aromatic N) is 3. The van der Waals surface area contributed by atoms with Crippen LogP contribution in [-0.4, -0.2) is 15.2 Å². The Morgan fingerprint density at radius 2 is 1.94 bits per heavy atom. The Hall–Kier alpha value is -1.82. The van der Waals surface area contributed by atoms with Gasteiger partial charge in [0, 0.05) is 6.42 Å². The lowest BCUT2D eigenvalue weighted by molar-refractivity contribution is 0.466. The fourth-order valence-corrected chi connectivity index (χ4v) is 2.20. The molecule has 2 heterocycles. The molecule has 0 fully saturated rings. The molecule has 0 aliphatic rings. The fraction of sp³-hybridized carbons (Fsp3) is 0.250. The molecule has 0 saturated heterocycles. The zero-order valence-corrected chi connectivity index (χ0v) is 10.6. The molecule has 0 aliphatic carbocycles. The largest absolute Gasteiger partial charge is 0.431 e. The van der Waals surface area contributed by atoms with E-state index in [1.165, 1.54) is 11.8 Å². The summed E-state index contributed by atoms with van der Waals surface area (Å²) in [6.45, 7) is 1.98. The molecule has 6 heteroatoms. The zero-order chi connectivity index (χ0) is 12.4. The number of para-hydroxylation sites is 2. The number of thioether (sulfide) groups is 1. The SMILES string of the molecule is CCc1nnc(CSc2nc3ccccc3o2)o1. The second-order valence-corrected chi connectivity index (χ2v) is 4.61. The van der Waals surface area contributed by atoms with Crippen molar-refractivity contribution in [3.63, 3.8) is 0 Å². The Morgan fingerprint density at radius 1 is 1.11 bits per heavy atom. The molecule has 1 aromatic carbocycles. The molecular formula is C12H11N3O2S. The van der Waals surface area contributed by atoms with Crippen molar-refractivity contribution in [2.24, 2.45) is 0 Å². The first-order chi connectivity index (χ1) is 8.85. The highest BCUT2D eigenvalue weighted by Crippen LogP contribution is 2.25. The van der Waals surface area contributed by atoms with Gasteiger partial charge in [-0.3, -0.25) is 0 Å².